The highest BCUT2D eigenvalue weighted by atomic mass is 32.2. The molecule has 0 radical (unpaired) electrons. The molecule has 2 rings (SSSR count). The lowest BCUT2D eigenvalue weighted by Crippen LogP contribution is -2.29. The van der Waals surface area contributed by atoms with E-state index in [4.69, 9.17) is 10.5 Å². The Hall–Kier alpha value is -1.60. The third-order valence-corrected chi connectivity index (χ3v) is 6.74. The van der Waals surface area contributed by atoms with Crippen molar-refractivity contribution in [3.63, 3.8) is 0 Å². The Balaban J connectivity index is 2.24. The molecule has 1 unspecified atom stereocenters. The molecule has 0 amide bonds. The Morgan fingerprint density at radius 1 is 1.36 bits per heavy atom. The zero-order chi connectivity index (χ0) is 18.6. The van der Waals surface area contributed by atoms with Gasteiger partial charge in [-0.3, -0.25) is 4.79 Å². The summed E-state index contributed by atoms with van der Waals surface area (Å²) >= 11 is 0. The summed E-state index contributed by atoms with van der Waals surface area (Å²) in [6.07, 6.45) is 3.41. The number of ketones is 1. The number of benzene rings is 1. The van der Waals surface area contributed by atoms with Crippen LogP contribution in [0.1, 0.15) is 49.9 Å². The van der Waals surface area contributed by atoms with Gasteiger partial charge in [-0.15, -0.1) is 0 Å². The molecule has 0 bridgehead atoms. The Morgan fingerprint density at radius 3 is 2.68 bits per heavy atom. The molecule has 1 saturated heterocycles. The Labute approximate surface area is 150 Å². The molecule has 1 atom stereocenters. The predicted octanol–water partition coefficient (Wildman–Crippen LogP) is 2.52. The summed E-state index contributed by atoms with van der Waals surface area (Å²) in [5.41, 5.74) is 6.27. The van der Waals surface area contributed by atoms with Gasteiger partial charge < -0.3 is 15.4 Å². The molecule has 1 aliphatic rings. The van der Waals surface area contributed by atoms with Crippen LogP contribution in [0.4, 0.5) is 5.69 Å². The number of rotatable bonds is 8. The molecule has 0 aromatic heterocycles. The van der Waals surface area contributed by atoms with Crippen LogP contribution in [-0.2, 0) is 9.84 Å². The second kappa shape index (κ2) is 8.19. The van der Waals surface area contributed by atoms with Gasteiger partial charge in [-0.25, -0.2) is 8.42 Å². The number of carbonyl (C=O) groups is 1. The SMILES string of the molecule is CCN1CCCC1CCC(=O)c1cc(S(=O)(=O)CC)c(N)cc1OC. The number of Topliss-reactive ketones (excluding diaryl/α,β-unsaturated/α-hetero) is 1. The third kappa shape index (κ3) is 4.33. The fraction of sp³-hybridized carbons (Fsp3) is 0.611. The molecular formula is C18H28N2O4S. The number of ether oxygens (including phenoxy) is 1. The maximum atomic E-state index is 12.7. The average molecular weight is 368 g/mol. The third-order valence-electron chi connectivity index (χ3n) is 4.96. The summed E-state index contributed by atoms with van der Waals surface area (Å²) in [4.78, 5) is 15.1. The molecule has 1 aromatic carbocycles. The van der Waals surface area contributed by atoms with Crippen molar-refractivity contribution in [2.24, 2.45) is 0 Å². The normalized spacial score (nSPS) is 18.4. The molecule has 1 aliphatic heterocycles. The lowest BCUT2D eigenvalue weighted by Gasteiger charge is -2.22. The summed E-state index contributed by atoms with van der Waals surface area (Å²) in [5.74, 6) is 0.161. The van der Waals surface area contributed by atoms with Crippen molar-refractivity contribution in [1.82, 2.24) is 4.90 Å². The molecule has 0 spiro atoms. The Bertz CT molecular complexity index is 731. The fourth-order valence-electron chi connectivity index (χ4n) is 3.46. The monoisotopic (exact) mass is 368 g/mol. The standard InChI is InChI=1S/C18H28N2O4S/c1-4-20-10-6-7-13(20)8-9-16(21)14-11-18(25(22,23)5-2)15(19)12-17(14)24-3/h11-13H,4-10,19H2,1-3H3. The second-order valence-electron chi connectivity index (χ2n) is 6.38. The molecule has 140 valence electrons. The predicted molar refractivity (Wildman–Crippen MR) is 99.0 cm³/mol. The molecular weight excluding hydrogens is 340 g/mol. The quantitative estimate of drug-likeness (QED) is 0.560. The van der Waals surface area contributed by atoms with Gasteiger partial charge in [0.25, 0.3) is 0 Å². The van der Waals surface area contributed by atoms with Crippen LogP contribution in [0.5, 0.6) is 5.75 Å². The van der Waals surface area contributed by atoms with E-state index in [0.29, 0.717) is 23.8 Å². The van der Waals surface area contributed by atoms with Gasteiger partial charge in [0.15, 0.2) is 15.6 Å². The fourth-order valence-corrected chi connectivity index (χ4v) is 4.48. The maximum Gasteiger partial charge on any atom is 0.180 e. The van der Waals surface area contributed by atoms with E-state index in [1.807, 2.05) is 0 Å². The van der Waals surface area contributed by atoms with E-state index in [1.165, 1.54) is 19.2 Å². The number of anilines is 1. The number of methoxy groups -OCH3 is 1. The van der Waals surface area contributed by atoms with Crippen LogP contribution in [0.3, 0.4) is 0 Å². The van der Waals surface area contributed by atoms with Crippen molar-refractivity contribution in [3.8, 4) is 5.75 Å². The first-order valence-corrected chi connectivity index (χ1v) is 10.5. The number of nitrogens with two attached hydrogens (primary N) is 1. The number of hydrogen-bond donors (Lipinski definition) is 1. The largest absolute Gasteiger partial charge is 0.496 e. The van der Waals surface area contributed by atoms with Crippen LogP contribution in [-0.4, -0.2) is 51.1 Å². The second-order valence-corrected chi connectivity index (χ2v) is 8.63. The van der Waals surface area contributed by atoms with Crippen LogP contribution in [0.2, 0.25) is 0 Å². The van der Waals surface area contributed by atoms with E-state index in [0.717, 1.165) is 32.4 Å². The summed E-state index contributed by atoms with van der Waals surface area (Å²) < 4.78 is 29.7. The first-order chi connectivity index (χ1) is 11.8. The lowest BCUT2D eigenvalue weighted by molar-refractivity contribution is 0.0964. The van der Waals surface area contributed by atoms with Crippen LogP contribution < -0.4 is 10.5 Å². The molecule has 6 nitrogen and oxygen atoms in total. The Kier molecular flexibility index (Phi) is 6.46. The van der Waals surface area contributed by atoms with Gasteiger partial charge in [0.2, 0.25) is 0 Å². The molecule has 0 saturated carbocycles. The zero-order valence-electron chi connectivity index (χ0n) is 15.2. The number of sulfone groups is 1. The van der Waals surface area contributed by atoms with Crippen molar-refractivity contribution < 1.29 is 17.9 Å². The highest BCUT2D eigenvalue weighted by Gasteiger charge is 2.26. The van der Waals surface area contributed by atoms with E-state index in [-0.39, 0.29) is 22.1 Å². The van der Waals surface area contributed by atoms with E-state index < -0.39 is 9.84 Å². The minimum Gasteiger partial charge on any atom is -0.496 e. The first kappa shape index (κ1) is 19.7. The highest BCUT2D eigenvalue weighted by Crippen LogP contribution is 2.31. The zero-order valence-corrected chi connectivity index (χ0v) is 16.1. The van der Waals surface area contributed by atoms with Crippen LogP contribution in [0, 0.1) is 0 Å². The highest BCUT2D eigenvalue weighted by molar-refractivity contribution is 7.91. The van der Waals surface area contributed by atoms with Crippen molar-refractivity contribution >= 4 is 21.3 Å². The molecule has 7 heteroatoms. The summed E-state index contributed by atoms with van der Waals surface area (Å²) in [5, 5.41) is 0. The Morgan fingerprint density at radius 2 is 2.08 bits per heavy atom. The van der Waals surface area contributed by atoms with Gasteiger partial charge in [-0.1, -0.05) is 13.8 Å². The summed E-state index contributed by atoms with van der Waals surface area (Å²) in [6, 6.07) is 3.23. The van der Waals surface area contributed by atoms with Crippen molar-refractivity contribution in [3.05, 3.63) is 17.7 Å². The molecule has 0 aliphatic carbocycles. The molecule has 1 aromatic rings. The summed E-state index contributed by atoms with van der Waals surface area (Å²) in [7, 11) is -2.04. The van der Waals surface area contributed by atoms with Gasteiger partial charge in [-0.05, 0) is 38.4 Å². The average Bonchev–Trinajstić information content (AvgIpc) is 3.06. The number of nitrogens with zero attached hydrogens (tertiary/aromatic N) is 1. The van der Waals surface area contributed by atoms with Gasteiger partial charge in [0, 0.05) is 18.5 Å². The van der Waals surface area contributed by atoms with E-state index >= 15 is 0 Å². The van der Waals surface area contributed by atoms with E-state index in [9.17, 15) is 13.2 Å². The van der Waals surface area contributed by atoms with Crippen molar-refractivity contribution in [2.75, 3.05) is 31.7 Å². The minimum absolute atomic E-state index is 0.00945. The molecule has 1 fully saturated rings. The van der Waals surface area contributed by atoms with Crippen LogP contribution in [0.25, 0.3) is 0 Å². The number of likely N-dealkylation sites (tertiary alicyclic amines) is 1. The van der Waals surface area contributed by atoms with Gasteiger partial charge in [0.05, 0.1) is 29.0 Å². The van der Waals surface area contributed by atoms with Crippen LogP contribution >= 0.6 is 0 Å². The first-order valence-electron chi connectivity index (χ1n) is 8.81. The van der Waals surface area contributed by atoms with Crippen molar-refractivity contribution in [2.45, 2.75) is 50.5 Å². The minimum atomic E-state index is -3.49. The molecule has 25 heavy (non-hydrogen) atoms. The summed E-state index contributed by atoms with van der Waals surface area (Å²) in [6.45, 7) is 5.76. The van der Waals surface area contributed by atoms with E-state index in [2.05, 4.69) is 11.8 Å². The number of carbonyl (C=O) groups excluding carboxylic acids is 1. The molecule has 2 N–H and O–H groups in total. The van der Waals surface area contributed by atoms with Crippen LogP contribution in [0.15, 0.2) is 17.0 Å². The number of nitrogen functional groups attached to an aromatic ring is 1. The van der Waals surface area contributed by atoms with Gasteiger partial charge in [-0.2, -0.15) is 0 Å². The van der Waals surface area contributed by atoms with Crippen molar-refractivity contribution in [1.29, 1.82) is 0 Å². The maximum absolute atomic E-state index is 12.7. The molecule has 1 heterocycles. The van der Waals surface area contributed by atoms with Gasteiger partial charge >= 0.3 is 0 Å². The van der Waals surface area contributed by atoms with E-state index in [1.54, 1.807) is 6.92 Å². The smallest absolute Gasteiger partial charge is 0.180 e. The number of hydrogen-bond acceptors (Lipinski definition) is 6. The lowest BCUT2D eigenvalue weighted by atomic mass is 10.0. The van der Waals surface area contributed by atoms with Gasteiger partial charge in [0.1, 0.15) is 5.75 Å². The topological polar surface area (TPSA) is 89.7 Å².